The van der Waals surface area contributed by atoms with Crippen LogP contribution in [-0.4, -0.2) is 30.5 Å². The zero-order chi connectivity index (χ0) is 20.4. The van der Waals surface area contributed by atoms with Gasteiger partial charge in [-0.3, -0.25) is 15.0 Å². The van der Waals surface area contributed by atoms with Crippen LogP contribution in [0.25, 0.3) is 11.3 Å². The van der Waals surface area contributed by atoms with Gasteiger partial charge < -0.3 is 9.32 Å². The molecule has 0 amide bonds. The monoisotopic (exact) mass is 391 g/mol. The highest BCUT2D eigenvalue weighted by molar-refractivity contribution is 5.69. The van der Waals surface area contributed by atoms with E-state index in [0.29, 0.717) is 23.9 Å². The number of nitro groups is 1. The number of hydrogen-bond acceptors (Lipinski definition) is 5. The number of likely N-dealkylation sites (tertiary alicyclic amines) is 1. The quantitative estimate of drug-likeness (QED) is 0.424. The van der Waals surface area contributed by atoms with E-state index in [-0.39, 0.29) is 10.6 Å². The molecule has 0 bridgehead atoms. The molecule has 4 rings (SSSR count). The van der Waals surface area contributed by atoms with Crippen LogP contribution in [-0.2, 0) is 6.54 Å². The van der Waals surface area contributed by atoms with E-state index in [0.717, 1.165) is 25.1 Å². The van der Waals surface area contributed by atoms with Crippen molar-refractivity contribution in [2.75, 3.05) is 25.5 Å². The molecule has 1 atom stereocenters. The van der Waals surface area contributed by atoms with Gasteiger partial charge in [0.2, 0.25) is 0 Å². The Kier molecular flexibility index (Phi) is 5.36. The Bertz CT molecular complexity index is 1010. The first kappa shape index (κ1) is 19.2. The van der Waals surface area contributed by atoms with Gasteiger partial charge in [0.05, 0.1) is 17.0 Å². The lowest BCUT2D eigenvalue weighted by atomic mass is 10.0. The summed E-state index contributed by atoms with van der Waals surface area (Å²) in [4.78, 5) is 15.5. The van der Waals surface area contributed by atoms with Crippen molar-refractivity contribution < 1.29 is 9.34 Å². The highest BCUT2D eigenvalue weighted by Crippen LogP contribution is 2.36. The second kappa shape index (κ2) is 8.09. The van der Waals surface area contributed by atoms with Gasteiger partial charge >= 0.3 is 0 Å². The van der Waals surface area contributed by atoms with Crippen LogP contribution in [0.3, 0.4) is 0 Å². The summed E-state index contributed by atoms with van der Waals surface area (Å²) in [6, 6.07) is 19.5. The minimum atomic E-state index is -0.369. The molecule has 0 radical (unpaired) electrons. The van der Waals surface area contributed by atoms with E-state index < -0.39 is 0 Å². The molecule has 150 valence electrons. The SMILES string of the molecule is CN(C)c1cccc(C2CCCN2Cc2ccc(-c3ccccc3[N+](=O)[O-])o2)c1. The molecule has 1 aliphatic heterocycles. The van der Waals surface area contributed by atoms with E-state index in [1.165, 1.54) is 17.3 Å². The summed E-state index contributed by atoms with van der Waals surface area (Å²) < 4.78 is 6.01. The van der Waals surface area contributed by atoms with Crippen molar-refractivity contribution in [3.05, 3.63) is 82.1 Å². The second-order valence-electron chi connectivity index (χ2n) is 7.66. The molecule has 6 nitrogen and oxygen atoms in total. The zero-order valence-electron chi connectivity index (χ0n) is 16.7. The molecule has 3 aromatic rings. The molecular formula is C23H25N3O3. The molecule has 1 fully saturated rings. The van der Waals surface area contributed by atoms with E-state index in [9.17, 15) is 10.1 Å². The molecule has 0 spiro atoms. The third-order valence-electron chi connectivity index (χ3n) is 5.52. The summed E-state index contributed by atoms with van der Waals surface area (Å²) >= 11 is 0. The summed E-state index contributed by atoms with van der Waals surface area (Å²) in [7, 11) is 4.11. The van der Waals surface area contributed by atoms with E-state index in [1.807, 2.05) is 12.1 Å². The zero-order valence-corrected chi connectivity index (χ0v) is 16.7. The van der Waals surface area contributed by atoms with Crippen LogP contribution in [0, 0.1) is 10.1 Å². The number of nitrogens with zero attached hydrogens (tertiary/aromatic N) is 3. The van der Waals surface area contributed by atoms with Crippen molar-refractivity contribution >= 4 is 11.4 Å². The second-order valence-corrected chi connectivity index (χ2v) is 7.66. The van der Waals surface area contributed by atoms with Crippen LogP contribution < -0.4 is 4.90 Å². The molecule has 2 aromatic carbocycles. The number of rotatable bonds is 6. The summed E-state index contributed by atoms with van der Waals surface area (Å²) in [5.41, 5.74) is 3.10. The first-order valence-corrected chi connectivity index (χ1v) is 9.87. The Morgan fingerprint density at radius 3 is 2.76 bits per heavy atom. The van der Waals surface area contributed by atoms with E-state index >= 15 is 0 Å². The molecule has 0 saturated carbocycles. The Labute approximate surface area is 170 Å². The van der Waals surface area contributed by atoms with E-state index in [1.54, 1.807) is 18.2 Å². The molecule has 1 aliphatic rings. The molecule has 0 aliphatic carbocycles. The Morgan fingerprint density at radius 1 is 1.14 bits per heavy atom. The van der Waals surface area contributed by atoms with Gasteiger partial charge in [-0.1, -0.05) is 24.3 Å². The van der Waals surface area contributed by atoms with Gasteiger partial charge in [-0.05, 0) is 55.3 Å². The molecule has 1 saturated heterocycles. The molecule has 6 heteroatoms. The van der Waals surface area contributed by atoms with Crippen LogP contribution in [0.4, 0.5) is 11.4 Å². The van der Waals surface area contributed by atoms with Crippen LogP contribution in [0.1, 0.15) is 30.2 Å². The van der Waals surface area contributed by atoms with Crippen molar-refractivity contribution in [1.29, 1.82) is 0 Å². The maximum absolute atomic E-state index is 11.3. The van der Waals surface area contributed by atoms with Crippen LogP contribution in [0.2, 0.25) is 0 Å². The van der Waals surface area contributed by atoms with Crippen molar-refractivity contribution in [2.45, 2.75) is 25.4 Å². The number of para-hydroxylation sites is 1. The number of furan rings is 1. The fourth-order valence-corrected chi connectivity index (χ4v) is 4.05. The van der Waals surface area contributed by atoms with Gasteiger partial charge in [0.25, 0.3) is 5.69 Å². The van der Waals surface area contributed by atoms with Gasteiger partial charge in [0.15, 0.2) is 0 Å². The lowest BCUT2D eigenvalue weighted by Gasteiger charge is -2.25. The highest BCUT2D eigenvalue weighted by Gasteiger charge is 2.27. The van der Waals surface area contributed by atoms with Gasteiger partial charge in [-0.2, -0.15) is 0 Å². The molecule has 1 unspecified atom stereocenters. The van der Waals surface area contributed by atoms with E-state index in [4.69, 9.17) is 4.42 Å². The maximum Gasteiger partial charge on any atom is 0.280 e. The Balaban J connectivity index is 1.54. The normalized spacial score (nSPS) is 16.8. The molecule has 1 aromatic heterocycles. The van der Waals surface area contributed by atoms with Crippen molar-refractivity contribution in [2.24, 2.45) is 0 Å². The topological polar surface area (TPSA) is 62.8 Å². The molecule has 29 heavy (non-hydrogen) atoms. The van der Waals surface area contributed by atoms with Crippen LogP contribution in [0.5, 0.6) is 0 Å². The summed E-state index contributed by atoms with van der Waals surface area (Å²) in [6.45, 7) is 1.70. The molecule has 0 N–H and O–H groups in total. The fourth-order valence-electron chi connectivity index (χ4n) is 4.05. The first-order chi connectivity index (χ1) is 14.0. The van der Waals surface area contributed by atoms with Crippen molar-refractivity contribution in [3.63, 3.8) is 0 Å². The predicted octanol–water partition coefficient (Wildman–Crippen LogP) is 5.26. The Hall–Kier alpha value is -3.12. The largest absolute Gasteiger partial charge is 0.459 e. The van der Waals surface area contributed by atoms with Gasteiger partial charge in [0.1, 0.15) is 11.5 Å². The number of anilines is 1. The maximum atomic E-state index is 11.3. The predicted molar refractivity (Wildman–Crippen MR) is 114 cm³/mol. The lowest BCUT2D eigenvalue weighted by molar-refractivity contribution is -0.384. The summed E-state index contributed by atoms with van der Waals surface area (Å²) in [6.07, 6.45) is 2.27. The lowest BCUT2D eigenvalue weighted by Crippen LogP contribution is -2.22. The highest BCUT2D eigenvalue weighted by atomic mass is 16.6. The minimum Gasteiger partial charge on any atom is -0.459 e. The van der Waals surface area contributed by atoms with E-state index in [2.05, 4.69) is 48.2 Å². The fraction of sp³-hybridized carbons (Fsp3) is 0.304. The first-order valence-electron chi connectivity index (χ1n) is 9.87. The summed E-state index contributed by atoms with van der Waals surface area (Å²) in [5, 5.41) is 11.3. The van der Waals surface area contributed by atoms with Crippen molar-refractivity contribution in [1.82, 2.24) is 4.90 Å². The standard InChI is InChI=1S/C23H25N3O3/c1-24(2)18-8-5-7-17(15-18)21-11-6-14-25(21)16-19-12-13-23(29-19)20-9-3-4-10-22(20)26(27)28/h3-5,7-10,12-13,15,21H,6,11,14,16H2,1-2H3. The third kappa shape index (κ3) is 4.03. The smallest absolute Gasteiger partial charge is 0.280 e. The van der Waals surface area contributed by atoms with Crippen LogP contribution in [0.15, 0.2) is 65.1 Å². The van der Waals surface area contributed by atoms with Crippen molar-refractivity contribution in [3.8, 4) is 11.3 Å². The average Bonchev–Trinajstić information content (AvgIpc) is 3.38. The summed E-state index contributed by atoms with van der Waals surface area (Å²) in [5.74, 6) is 1.37. The number of benzene rings is 2. The molecule has 2 heterocycles. The van der Waals surface area contributed by atoms with Gasteiger partial charge in [-0.25, -0.2) is 0 Å². The van der Waals surface area contributed by atoms with Crippen LogP contribution >= 0.6 is 0 Å². The van der Waals surface area contributed by atoms with Gasteiger partial charge in [-0.15, -0.1) is 0 Å². The third-order valence-corrected chi connectivity index (χ3v) is 5.52. The number of hydrogen-bond donors (Lipinski definition) is 0. The average molecular weight is 391 g/mol. The minimum absolute atomic E-state index is 0.0629. The Morgan fingerprint density at radius 2 is 1.97 bits per heavy atom. The number of nitro benzene ring substituents is 1. The van der Waals surface area contributed by atoms with Gasteiger partial charge in [0, 0.05) is 31.9 Å². The molecular weight excluding hydrogens is 366 g/mol.